The number of nitrogens with zero attached hydrogens (tertiary/aromatic N) is 1. The van der Waals surface area contributed by atoms with Crippen LogP contribution in [0.4, 0.5) is 5.69 Å². The van der Waals surface area contributed by atoms with Gasteiger partial charge in [0.1, 0.15) is 6.07 Å². The first-order valence-electron chi connectivity index (χ1n) is 5.99. The van der Waals surface area contributed by atoms with E-state index in [1.54, 1.807) is 0 Å². The van der Waals surface area contributed by atoms with Crippen LogP contribution in [0.1, 0.15) is 38.7 Å². The summed E-state index contributed by atoms with van der Waals surface area (Å²) >= 11 is 3.42. The Morgan fingerprint density at radius 3 is 2.76 bits per heavy atom. The van der Waals surface area contributed by atoms with Crippen molar-refractivity contribution in [2.45, 2.75) is 39.2 Å². The molecule has 0 aromatic heterocycles. The molecular formula is C14H17BrN2. The molecule has 3 heteroatoms. The van der Waals surface area contributed by atoms with Gasteiger partial charge < -0.3 is 5.32 Å². The van der Waals surface area contributed by atoms with E-state index in [1.807, 2.05) is 18.2 Å². The summed E-state index contributed by atoms with van der Waals surface area (Å²) in [7, 11) is 0. The van der Waals surface area contributed by atoms with Gasteiger partial charge in [0.05, 0.1) is 5.56 Å². The summed E-state index contributed by atoms with van der Waals surface area (Å²) < 4.78 is 0.862. The highest BCUT2D eigenvalue weighted by Gasteiger charge is 2.34. The fourth-order valence-electron chi connectivity index (χ4n) is 2.49. The molecule has 0 saturated heterocycles. The van der Waals surface area contributed by atoms with Crippen LogP contribution in [0.25, 0.3) is 0 Å². The van der Waals surface area contributed by atoms with Crippen LogP contribution in [0.3, 0.4) is 0 Å². The predicted molar refractivity (Wildman–Crippen MR) is 73.9 cm³/mol. The molecule has 90 valence electrons. The number of nitrogens with one attached hydrogen (secondary N) is 1. The van der Waals surface area contributed by atoms with Gasteiger partial charge in [-0.05, 0) is 52.4 Å². The Balaban J connectivity index is 2.15. The molecule has 0 heterocycles. The molecule has 0 radical (unpaired) electrons. The normalized spacial score (nSPS) is 22.1. The second-order valence-electron chi connectivity index (χ2n) is 5.38. The molecule has 1 atom stereocenters. The lowest BCUT2D eigenvalue weighted by Gasteiger charge is -2.28. The van der Waals surface area contributed by atoms with Gasteiger partial charge in [-0.3, -0.25) is 0 Å². The first-order chi connectivity index (χ1) is 8.03. The van der Waals surface area contributed by atoms with Crippen LogP contribution in [0.2, 0.25) is 0 Å². The third-order valence-electron chi connectivity index (χ3n) is 3.69. The number of benzene rings is 1. The molecule has 1 N–H and O–H groups in total. The van der Waals surface area contributed by atoms with Crippen LogP contribution >= 0.6 is 15.9 Å². The van der Waals surface area contributed by atoms with Crippen molar-refractivity contribution in [3.8, 4) is 6.07 Å². The monoisotopic (exact) mass is 292 g/mol. The molecule has 1 saturated carbocycles. The van der Waals surface area contributed by atoms with E-state index >= 15 is 0 Å². The van der Waals surface area contributed by atoms with Crippen molar-refractivity contribution in [2.24, 2.45) is 5.41 Å². The van der Waals surface area contributed by atoms with Crippen LogP contribution in [-0.4, -0.2) is 6.04 Å². The molecule has 0 amide bonds. The highest BCUT2D eigenvalue weighted by atomic mass is 79.9. The zero-order chi connectivity index (χ0) is 12.5. The van der Waals surface area contributed by atoms with E-state index < -0.39 is 0 Å². The van der Waals surface area contributed by atoms with Crippen molar-refractivity contribution in [3.05, 3.63) is 28.2 Å². The van der Waals surface area contributed by atoms with Gasteiger partial charge in [-0.25, -0.2) is 0 Å². The van der Waals surface area contributed by atoms with Gasteiger partial charge in [-0.2, -0.15) is 5.26 Å². The number of halogens is 1. The molecule has 1 aromatic rings. The maximum absolute atomic E-state index is 8.88. The van der Waals surface area contributed by atoms with Crippen LogP contribution in [0.15, 0.2) is 22.7 Å². The summed E-state index contributed by atoms with van der Waals surface area (Å²) in [5, 5.41) is 12.5. The smallest absolute Gasteiger partial charge is 0.100 e. The van der Waals surface area contributed by atoms with Gasteiger partial charge in [0.25, 0.3) is 0 Å². The van der Waals surface area contributed by atoms with Gasteiger partial charge in [0, 0.05) is 16.2 Å². The van der Waals surface area contributed by atoms with Crippen molar-refractivity contribution < 1.29 is 0 Å². The summed E-state index contributed by atoms with van der Waals surface area (Å²) in [6.45, 7) is 4.63. The van der Waals surface area contributed by atoms with E-state index in [-0.39, 0.29) is 0 Å². The first-order valence-corrected chi connectivity index (χ1v) is 6.78. The number of anilines is 1. The molecule has 1 unspecified atom stereocenters. The Bertz CT molecular complexity index is 460. The third kappa shape index (κ3) is 2.63. The molecule has 2 nitrogen and oxygen atoms in total. The van der Waals surface area contributed by atoms with Gasteiger partial charge >= 0.3 is 0 Å². The molecular weight excluding hydrogens is 276 g/mol. The van der Waals surface area contributed by atoms with Crippen LogP contribution in [-0.2, 0) is 0 Å². The minimum atomic E-state index is 0.361. The van der Waals surface area contributed by atoms with Gasteiger partial charge in [0.2, 0.25) is 0 Å². The van der Waals surface area contributed by atoms with Gasteiger partial charge in [0.15, 0.2) is 0 Å². The van der Waals surface area contributed by atoms with Crippen molar-refractivity contribution in [1.29, 1.82) is 5.26 Å². The summed E-state index contributed by atoms with van der Waals surface area (Å²) in [5.74, 6) is 0. The lowest BCUT2D eigenvalue weighted by atomic mass is 9.87. The molecule has 1 aliphatic carbocycles. The third-order valence-corrected chi connectivity index (χ3v) is 4.34. The summed E-state index contributed by atoms with van der Waals surface area (Å²) in [4.78, 5) is 0. The standard InChI is InChI=1S/C14H17BrN2/c1-14(2)7-3-4-13(14)17-11-6-5-10(9-16)12(15)8-11/h5-6,8,13,17H,3-4,7H2,1-2H3. The quantitative estimate of drug-likeness (QED) is 0.882. The molecule has 1 fully saturated rings. The van der Waals surface area contributed by atoms with E-state index in [1.165, 1.54) is 19.3 Å². The fourth-order valence-corrected chi connectivity index (χ4v) is 2.96. The van der Waals surface area contributed by atoms with Crippen LogP contribution in [0.5, 0.6) is 0 Å². The molecule has 2 rings (SSSR count). The number of hydrogen-bond acceptors (Lipinski definition) is 2. The fraction of sp³-hybridized carbons (Fsp3) is 0.500. The van der Waals surface area contributed by atoms with E-state index in [2.05, 4.69) is 41.2 Å². The molecule has 17 heavy (non-hydrogen) atoms. The van der Waals surface area contributed by atoms with E-state index in [9.17, 15) is 0 Å². The second kappa shape index (κ2) is 4.70. The predicted octanol–water partition coefficient (Wildman–Crippen LogP) is 4.31. The average Bonchev–Trinajstić information content (AvgIpc) is 2.59. The number of rotatable bonds is 2. The maximum Gasteiger partial charge on any atom is 0.100 e. The topological polar surface area (TPSA) is 35.8 Å². The minimum absolute atomic E-state index is 0.361. The maximum atomic E-state index is 8.88. The van der Waals surface area contributed by atoms with Crippen molar-refractivity contribution in [2.75, 3.05) is 5.32 Å². The Hall–Kier alpha value is -1.01. The first kappa shape index (κ1) is 12.4. The molecule has 1 aromatic carbocycles. The van der Waals surface area contributed by atoms with E-state index in [4.69, 9.17) is 5.26 Å². The highest BCUT2D eigenvalue weighted by Crippen LogP contribution is 2.39. The van der Waals surface area contributed by atoms with E-state index in [0.717, 1.165) is 10.2 Å². The molecule has 0 aliphatic heterocycles. The lowest BCUT2D eigenvalue weighted by Crippen LogP contribution is -2.30. The van der Waals surface area contributed by atoms with Crippen LogP contribution < -0.4 is 5.32 Å². The van der Waals surface area contributed by atoms with Crippen LogP contribution in [0, 0.1) is 16.7 Å². The SMILES string of the molecule is CC1(C)CCCC1Nc1ccc(C#N)c(Br)c1. The number of hydrogen-bond donors (Lipinski definition) is 1. The number of nitriles is 1. The molecule has 1 aliphatic rings. The largest absolute Gasteiger partial charge is 0.382 e. The second-order valence-corrected chi connectivity index (χ2v) is 6.24. The average molecular weight is 293 g/mol. The summed E-state index contributed by atoms with van der Waals surface area (Å²) in [6, 6.07) is 8.52. The minimum Gasteiger partial charge on any atom is -0.382 e. The van der Waals surface area contributed by atoms with E-state index in [0.29, 0.717) is 17.0 Å². The van der Waals surface area contributed by atoms with Gasteiger partial charge in [-0.1, -0.05) is 20.3 Å². The Morgan fingerprint density at radius 2 is 2.24 bits per heavy atom. The van der Waals surface area contributed by atoms with Crippen molar-refractivity contribution in [1.82, 2.24) is 0 Å². The summed E-state index contributed by atoms with van der Waals surface area (Å²) in [5.41, 5.74) is 2.14. The van der Waals surface area contributed by atoms with Crippen molar-refractivity contribution in [3.63, 3.8) is 0 Å². The van der Waals surface area contributed by atoms with Crippen molar-refractivity contribution >= 4 is 21.6 Å². The highest BCUT2D eigenvalue weighted by molar-refractivity contribution is 9.10. The Labute approximate surface area is 111 Å². The molecule has 0 bridgehead atoms. The summed E-state index contributed by atoms with van der Waals surface area (Å²) in [6.07, 6.45) is 3.80. The zero-order valence-electron chi connectivity index (χ0n) is 10.3. The Morgan fingerprint density at radius 1 is 1.47 bits per heavy atom. The lowest BCUT2D eigenvalue weighted by molar-refractivity contribution is 0.350. The van der Waals surface area contributed by atoms with Gasteiger partial charge in [-0.15, -0.1) is 0 Å². The Kier molecular flexibility index (Phi) is 3.44. The zero-order valence-corrected chi connectivity index (χ0v) is 11.8. The molecule has 0 spiro atoms.